The van der Waals surface area contributed by atoms with Crippen LogP contribution in [0.4, 0.5) is 0 Å². The number of likely N-dealkylation sites (tertiary alicyclic amines) is 1. The van der Waals surface area contributed by atoms with Gasteiger partial charge in [-0.05, 0) is 31.4 Å². The quantitative estimate of drug-likeness (QED) is 0.751. The molecule has 27 heavy (non-hydrogen) atoms. The van der Waals surface area contributed by atoms with E-state index in [2.05, 4.69) is 6.92 Å². The van der Waals surface area contributed by atoms with Gasteiger partial charge in [-0.25, -0.2) is 4.98 Å². The zero-order chi connectivity index (χ0) is 19.4. The normalized spacial score (nSPS) is 16.9. The van der Waals surface area contributed by atoms with E-state index in [9.17, 15) is 9.59 Å². The van der Waals surface area contributed by atoms with E-state index in [1.807, 2.05) is 47.7 Å². The Morgan fingerprint density at radius 1 is 1.26 bits per heavy atom. The lowest BCUT2D eigenvalue weighted by Gasteiger charge is -2.25. The molecule has 1 atom stereocenters. The molecule has 0 unspecified atom stereocenters. The second-order valence-electron chi connectivity index (χ2n) is 7.31. The molecule has 146 valence electrons. The maximum absolute atomic E-state index is 12.8. The predicted molar refractivity (Wildman–Crippen MR) is 106 cm³/mol. The molecule has 1 aromatic carbocycles. The van der Waals surface area contributed by atoms with Gasteiger partial charge in [-0.3, -0.25) is 9.59 Å². The number of hydrogen-bond acceptors (Lipinski definition) is 3. The fourth-order valence-corrected chi connectivity index (χ4v) is 3.83. The molecule has 6 heteroatoms. The molecule has 1 fully saturated rings. The number of benzene rings is 1. The number of carbonyl (C=O) groups is 2. The molecule has 1 aliphatic rings. The van der Waals surface area contributed by atoms with Crippen LogP contribution in [0.1, 0.15) is 57.8 Å². The number of amides is 2. The molecule has 1 aromatic heterocycles. The van der Waals surface area contributed by atoms with Crippen LogP contribution >= 0.6 is 0 Å². The van der Waals surface area contributed by atoms with Crippen LogP contribution in [0.3, 0.4) is 0 Å². The Morgan fingerprint density at radius 3 is 2.78 bits per heavy atom. The smallest absolute Gasteiger partial charge is 0.242 e. The van der Waals surface area contributed by atoms with Gasteiger partial charge in [-0.1, -0.05) is 32.4 Å². The first kappa shape index (κ1) is 19.4. The predicted octanol–water partition coefficient (Wildman–Crippen LogP) is 3.37. The third-order valence-electron chi connectivity index (χ3n) is 5.42. The minimum Gasteiger partial charge on any atom is -0.344 e. The van der Waals surface area contributed by atoms with E-state index in [0.717, 1.165) is 55.6 Å². The first-order valence-electron chi connectivity index (χ1n) is 10.0. The van der Waals surface area contributed by atoms with E-state index in [-0.39, 0.29) is 24.4 Å². The Kier molecular flexibility index (Phi) is 6.14. The number of imidazole rings is 1. The van der Waals surface area contributed by atoms with Gasteiger partial charge < -0.3 is 14.4 Å². The summed E-state index contributed by atoms with van der Waals surface area (Å²) in [6.45, 7) is 5.82. The average Bonchev–Trinajstić information content (AvgIpc) is 3.30. The van der Waals surface area contributed by atoms with Crippen molar-refractivity contribution in [3.05, 3.63) is 30.1 Å². The maximum Gasteiger partial charge on any atom is 0.242 e. The van der Waals surface area contributed by atoms with E-state index in [1.165, 1.54) is 0 Å². The summed E-state index contributed by atoms with van der Waals surface area (Å²) in [5.74, 6) is 1.08. The van der Waals surface area contributed by atoms with Crippen LogP contribution in [-0.2, 0) is 16.1 Å². The largest absolute Gasteiger partial charge is 0.344 e. The minimum absolute atomic E-state index is 0.0430. The lowest BCUT2D eigenvalue weighted by Crippen LogP contribution is -2.34. The molecule has 1 saturated heterocycles. The van der Waals surface area contributed by atoms with E-state index < -0.39 is 0 Å². The zero-order valence-corrected chi connectivity index (χ0v) is 16.6. The van der Waals surface area contributed by atoms with Crippen LogP contribution in [0.25, 0.3) is 11.0 Å². The van der Waals surface area contributed by atoms with Crippen molar-refractivity contribution in [2.45, 2.75) is 58.5 Å². The lowest BCUT2D eigenvalue weighted by molar-refractivity contribution is -0.131. The van der Waals surface area contributed by atoms with Crippen molar-refractivity contribution in [1.29, 1.82) is 0 Å². The third kappa shape index (κ3) is 3.99. The summed E-state index contributed by atoms with van der Waals surface area (Å²) in [4.78, 5) is 33.7. The molecular formula is C21H30N4O2. The van der Waals surface area contributed by atoms with Gasteiger partial charge in [0, 0.05) is 26.6 Å². The van der Waals surface area contributed by atoms with Gasteiger partial charge in [-0.15, -0.1) is 0 Å². The number of rotatable bonds is 7. The summed E-state index contributed by atoms with van der Waals surface area (Å²) in [5.41, 5.74) is 1.84. The Morgan fingerprint density at radius 2 is 2.04 bits per heavy atom. The average molecular weight is 370 g/mol. The third-order valence-corrected chi connectivity index (χ3v) is 5.42. The van der Waals surface area contributed by atoms with Crippen molar-refractivity contribution in [2.24, 2.45) is 0 Å². The van der Waals surface area contributed by atoms with Gasteiger partial charge in [0.2, 0.25) is 11.8 Å². The number of aromatic nitrogens is 2. The second kappa shape index (κ2) is 8.55. The summed E-state index contributed by atoms with van der Waals surface area (Å²) in [5, 5.41) is 0. The van der Waals surface area contributed by atoms with Gasteiger partial charge in [0.25, 0.3) is 0 Å². The number of fused-ring (bicyclic) bond motifs is 1. The topological polar surface area (TPSA) is 58.4 Å². The van der Waals surface area contributed by atoms with Crippen LogP contribution < -0.4 is 0 Å². The van der Waals surface area contributed by atoms with E-state index in [1.54, 1.807) is 4.90 Å². The standard InChI is InChI=1S/C21H30N4O2/c1-4-6-13-23(3)20(27)15-25-17-11-8-7-10-16(17)22-21(25)18-12-9-14-24(18)19(26)5-2/h7-8,10-11,18H,4-6,9,12-15H2,1-3H3/t18-/m1/s1. The van der Waals surface area contributed by atoms with E-state index >= 15 is 0 Å². The summed E-state index contributed by atoms with van der Waals surface area (Å²) >= 11 is 0. The van der Waals surface area contributed by atoms with Crippen molar-refractivity contribution < 1.29 is 9.59 Å². The number of nitrogens with zero attached hydrogens (tertiary/aromatic N) is 4. The maximum atomic E-state index is 12.8. The molecule has 3 rings (SSSR count). The molecule has 6 nitrogen and oxygen atoms in total. The summed E-state index contributed by atoms with van der Waals surface area (Å²) in [7, 11) is 1.86. The molecule has 0 saturated carbocycles. The first-order valence-corrected chi connectivity index (χ1v) is 10.0. The highest BCUT2D eigenvalue weighted by atomic mass is 16.2. The van der Waals surface area contributed by atoms with Crippen molar-refractivity contribution in [1.82, 2.24) is 19.4 Å². The fourth-order valence-electron chi connectivity index (χ4n) is 3.83. The molecule has 2 heterocycles. The van der Waals surface area contributed by atoms with Crippen LogP contribution in [0.2, 0.25) is 0 Å². The SMILES string of the molecule is CCCCN(C)C(=O)Cn1c([C@H]2CCCN2C(=O)CC)nc2ccccc21. The molecule has 2 aromatic rings. The first-order chi connectivity index (χ1) is 13.1. The van der Waals surface area contributed by atoms with Crippen molar-refractivity contribution >= 4 is 22.8 Å². The number of unbranched alkanes of at least 4 members (excludes halogenated alkanes) is 1. The highest BCUT2D eigenvalue weighted by Gasteiger charge is 2.33. The van der Waals surface area contributed by atoms with Crippen LogP contribution in [0, 0.1) is 0 Å². The second-order valence-corrected chi connectivity index (χ2v) is 7.31. The van der Waals surface area contributed by atoms with Crippen molar-refractivity contribution in [2.75, 3.05) is 20.1 Å². The molecule has 1 aliphatic heterocycles. The molecule has 0 N–H and O–H groups in total. The number of carbonyl (C=O) groups excluding carboxylic acids is 2. The van der Waals surface area contributed by atoms with Gasteiger partial charge in [0.1, 0.15) is 12.4 Å². The number of para-hydroxylation sites is 2. The fraction of sp³-hybridized carbons (Fsp3) is 0.571. The van der Waals surface area contributed by atoms with E-state index in [4.69, 9.17) is 4.98 Å². The van der Waals surface area contributed by atoms with Crippen molar-refractivity contribution in [3.8, 4) is 0 Å². The molecule has 0 aliphatic carbocycles. The zero-order valence-electron chi connectivity index (χ0n) is 16.6. The van der Waals surface area contributed by atoms with E-state index in [0.29, 0.717) is 6.42 Å². The van der Waals surface area contributed by atoms with Gasteiger partial charge in [0.05, 0.1) is 17.1 Å². The van der Waals surface area contributed by atoms with Gasteiger partial charge in [0.15, 0.2) is 0 Å². The van der Waals surface area contributed by atoms with Gasteiger partial charge in [-0.2, -0.15) is 0 Å². The highest BCUT2D eigenvalue weighted by Crippen LogP contribution is 2.33. The van der Waals surface area contributed by atoms with Crippen molar-refractivity contribution in [3.63, 3.8) is 0 Å². The van der Waals surface area contributed by atoms with Crippen LogP contribution in [-0.4, -0.2) is 51.3 Å². The summed E-state index contributed by atoms with van der Waals surface area (Å²) in [6.07, 6.45) is 4.43. The summed E-state index contributed by atoms with van der Waals surface area (Å²) < 4.78 is 2.02. The Balaban J connectivity index is 1.95. The molecule has 2 amide bonds. The Labute approximate surface area is 161 Å². The number of likely N-dealkylation sites (N-methyl/N-ethyl adjacent to an activating group) is 1. The van der Waals surface area contributed by atoms with Crippen LogP contribution in [0.5, 0.6) is 0 Å². The Bertz CT molecular complexity index is 814. The van der Waals surface area contributed by atoms with Gasteiger partial charge >= 0.3 is 0 Å². The molecule has 0 spiro atoms. The monoisotopic (exact) mass is 370 g/mol. The molecule has 0 radical (unpaired) electrons. The lowest BCUT2D eigenvalue weighted by atomic mass is 10.2. The molecular weight excluding hydrogens is 340 g/mol. The molecule has 0 bridgehead atoms. The van der Waals surface area contributed by atoms with Crippen LogP contribution in [0.15, 0.2) is 24.3 Å². The minimum atomic E-state index is -0.0430. The summed E-state index contributed by atoms with van der Waals surface area (Å²) in [6, 6.07) is 7.87. The Hall–Kier alpha value is -2.37. The number of hydrogen-bond donors (Lipinski definition) is 0. The highest BCUT2D eigenvalue weighted by molar-refractivity contribution is 5.82.